The standard InChI is InChI=1S/C23H33N3O/c1-18(2)17-27-22-10-8-20(9-11-22)16-26-21(14-19-6-7-19)15-23(24-26)25-12-4-3-5-13-25/h8-11,15,18-19H,3-7,12-14,16-17H2,1-2H3. The Hall–Kier alpha value is -1.97. The molecule has 4 rings (SSSR count). The third kappa shape index (κ3) is 5.06. The molecule has 0 amide bonds. The van der Waals surface area contributed by atoms with Gasteiger partial charge in [-0.25, -0.2) is 0 Å². The maximum Gasteiger partial charge on any atom is 0.150 e. The van der Waals surface area contributed by atoms with Crippen molar-refractivity contribution in [2.75, 3.05) is 24.6 Å². The molecule has 0 radical (unpaired) electrons. The molecule has 0 bridgehead atoms. The molecule has 1 saturated carbocycles. The van der Waals surface area contributed by atoms with Crippen LogP contribution in [-0.2, 0) is 13.0 Å². The Balaban J connectivity index is 1.47. The quantitative estimate of drug-likeness (QED) is 0.664. The van der Waals surface area contributed by atoms with E-state index in [1.807, 2.05) is 0 Å². The molecule has 2 fully saturated rings. The summed E-state index contributed by atoms with van der Waals surface area (Å²) in [5, 5.41) is 5.00. The summed E-state index contributed by atoms with van der Waals surface area (Å²) in [6.07, 6.45) is 7.89. The molecule has 0 N–H and O–H groups in total. The molecule has 1 aromatic heterocycles. The zero-order chi connectivity index (χ0) is 18.6. The monoisotopic (exact) mass is 367 g/mol. The lowest BCUT2D eigenvalue weighted by atomic mass is 10.1. The molecule has 0 unspecified atom stereocenters. The van der Waals surface area contributed by atoms with Gasteiger partial charge in [0, 0.05) is 24.8 Å². The zero-order valence-electron chi connectivity index (χ0n) is 16.9. The van der Waals surface area contributed by atoms with E-state index in [2.05, 4.69) is 53.8 Å². The van der Waals surface area contributed by atoms with E-state index in [1.165, 1.54) is 55.6 Å². The number of hydrogen-bond acceptors (Lipinski definition) is 3. The fourth-order valence-corrected chi connectivity index (χ4v) is 3.76. The Morgan fingerprint density at radius 2 is 1.81 bits per heavy atom. The van der Waals surface area contributed by atoms with Crippen LogP contribution >= 0.6 is 0 Å². The first-order chi connectivity index (χ1) is 13.2. The highest BCUT2D eigenvalue weighted by Crippen LogP contribution is 2.34. The predicted octanol–water partition coefficient (Wildman–Crippen LogP) is 4.91. The number of aromatic nitrogens is 2. The van der Waals surface area contributed by atoms with Crippen molar-refractivity contribution in [3.63, 3.8) is 0 Å². The molecule has 4 heteroatoms. The highest BCUT2D eigenvalue weighted by atomic mass is 16.5. The van der Waals surface area contributed by atoms with Crippen molar-refractivity contribution in [3.05, 3.63) is 41.6 Å². The van der Waals surface area contributed by atoms with Gasteiger partial charge in [0.2, 0.25) is 0 Å². The minimum atomic E-state index is 0.548. The van der Waals surface area contributed by atoms with Gasteiger partial charge in [0.05, 0.1) is 13.2 Å². The van der Waals surface area contributed by atoms with Gasteiger partial charge >= 0.3 is 0 Å². The summed E-state index contributed by atoms with van der Waals surface area (Å²) in [4.78, 5) is 2.47. The second-order valence-electron chi connectivity index (χ2n) is 8.70. The number of rotatable bonds is 8. The smallest absolute Gasteiger partial charge is 0.150 e. The minimum absolute atomic E-state index is 0.548. The van der Waals surface area contributed by atoms with Crippen LogP contribution in [0.2, 0.25) is 0 Å². The molecule has 1 aliphatic carbocycles. The van der Waals surface area contributed by atoms with E-state index in [1.54, 1.807) is 0 Å². The largest absolute Gasteiger partial charge is 0.493 e. The van der Waals surface area contributed by atoms with E-state index in [0.29, 0.717) is 5.92 Å². The molecule has 1 aromatic carbocycles. The van der Waals surface area contributed by atoms with Gasteiger partial charge in [-0.2, -0.15) is 5.10 Å². The van der Waals surface area contributed by atoms with Gasteiger partial charge in [-0.3, -0.25) is 4.68 Å². The fraction of sp³-hybridized carbons (Fsp3) is 0.609. The number of anilines is 1. The third-order valence-electron chi connectivity index (χ3n) is 5.56. The lowest BCUT2D eigenvalue weighted by Crippen LogP contribution is -2.29. The van der Waals surface area contributed by atoms with Gasteiger partial charge in [-0.05, 0) is 68.1 Å². The van der Waals surface area contributed by atoms with Crippen molar-refractivity contribution in [2.45, 2.75) is 58.9 Å². The summed E-state index contributed by atoms with van der Waals surface area (Å²) in [5.41, 5.74) is 2.69. The van der Waals surface area contributed by atoms with Gasteiger partial charge in [0.15, 0.2) is 5.82 Å². The average molecular weight is 368 g/mol. The maximum atomic E-state index is 5.81. The van der Waals surface area contributed by atoms with Crippen LogP contribution in [0.5, 0.6) is 5.75 Å². The Morgan fingerprint density at radius 1 is 1.07 bits per heavy atom. The van der Waals surface area contributed by atoms with E-state index in [-0.39, 0.29) is 0 Å². The van der Waals surface area contributed by atoms with Crippen molar-refractivity contribution >= 4 is 5.82 Å². The van der Waals surface area contributed by atoms with Crippen molar-refractivity contribution in [1.82, 2.24) is 9.78 Å². The van der Waals surface area contributed by atoms with Gasteiger partial charge in [-0.15, -0.1) is 0 Å². The Kier molecular flexibility index (Phi) is 5.70. The molecule has 2 aromatic rings. The molecule has 27 heavy (non-hydrogen) atoms. The summed E-state index contributed by atoms with van der Waals surface area (Å²) in [7, 11) is 0. The number of hydrogen-bond donors (Lipinski definition) is 0. The molecule has 0 spiro atoms. The highest BCUT2D eigenvalue weighted by Gasteiger charge is 2.25. The van der Waals surface area contributed by atoms with Crippen molar-refractivity contribution in [2.24, 2.45) is 11.8 Å². The first-order valence-electron chi connectivity index (χ1n) is 10.7. The number of piperidine rings is 1. The summed E-state index contributed by atoms with van der Waals surface area (Å²) >= 11 is 0. The minimum Gasteiger partial charge on any atom is -0.493 e. The molecule has 2 heterocycles. The fourth-order valence-electron chi connectivity index (χ4n) is 3.76. The molecule has 4 nitrogen and oxygen atoms in total. The zero-order valence-corrected chi connectivity index (χ0v) is 16.9. The lowest BCUT2D eigenvalue weighted by molar-refractivity contribution is 0.271. The van der Waals surface area contributed by atoms with Crippen LogP contribution in [0.3, 0.4) is 0 Å². The maximum absolute atomic E-state index is 5.81. The highest BCUT2D eigenvalue weighted by molar-refractivity contribution is 5.41. The van der Waals surface area contributed by atoms with Crippen molar-refractivity contribution in [3.8, 4) is 5.75 Å². The van der Waals surface area contributed by atoms with Crippen LogP contribution in [-0.4, -0.2) is 29.5 Å². The van der Waals surface area contributed by atoms with E-state index in [4.69, 9.17) is 9.84 Å². The summed E-state index contributed by atoms with van der Waals surface area (Å²) in [6, 6.07) is 10.9. The predicted molar refractivity (Wildman–Crippen MR) is 111 cm³/mol. The molecular weight excluding hydrogens is 334 g/mol. The van der Waals surface area contributed by atoms with Crippen LogP contribution < -0.4 is 9.64 Å². The third-order valence-corrected chi connectivity index (χ3v) is 5.56. The molecule has 146 valence electrons. The van der Waals surface area contributed by atoms with E-state index < -0.39 is 0 Å². The number of benzene rings is 1. The molecule has 2 aliphatic rings. The van der Waals surface area contributed by atoms with Crippen LogP contribution in [0.1, 0.15) is 57.2 Å². The van der Waals surface area contributed by atoms with E-state index in [0.717, 1.165) is 37.9 Å². The average Bonchev–Trinajstić information content (AvgIpc) is 3.42. The topological polar surface area (TPSA) is 30.3 Å². The molecule has 0 atom stereocenters. The van der Waals surface area contributed by atoms with Gasteiger partial charge in [0.1, 0.15) is 5.75 Å². The Labute approximate surface area is 163 Å². The number of nitrogens with zero attached hydrogens (tertiary/aromatic N) is 3. The molecule has 1 saturated heterocycles. The molecular formula is C23H33N3O. The van der Waals surface area contributed by atoms with Crippen LogP contribution in [0.4, 0.5) is 5.82 Å². The molecule has 1 aliphatic heterocycles. The lowest BCUT2D eigenvalue weighted by Gasteiger charge is -2.26. The summed E-state index contributed by atoms with van der Waals surface area (Å²) in [5.74, 6) is 3.57. The Morgan fingerprint density at radius 3 is 2.48 bits per heavy atom. The van der Waals surface area contributed by atoms with E-state index >= 15 is 0 Å². The second-order valence-corrected chi connectivity index (χ2v) is 8.70. The van der Waals surface area contributed by atoms with Crippen molar-refractivity contribution < 1.29 is 4.74 Å². The van der Waals surface area contributed by atoms with Gasteiger partial charge in [0.25, 0.3) is 0 Å². The second kappa shape index (κ2) is 8.37. The first kappa shape index (κ1) is 18.4. The summed E-state index contributed by atoms with van der Waals surface area (Å²) in [6.45, 7) is 8.27. The Bertz CT molecular complexity index is 725. The SMILES string of the molecule is CC(C)COc1ccc(Cn2nc(N3CCCCC3)cc2CC2CC2)cc1. The number of ether oxygens (including phenoxy) is 1. The first-order valence-corrected chi connectivity index (χ1v) is 10.7. The van der Waals surface area contributed by atoms with E-state index in [9.17, 15) is 0 Å². The van der Waals surface area contributed by atoms with Crippen LogP contribution in [0.15, 0.2) is 30.3 Å². The van der Waals surface area contributed by atoms with Crippen LogP contribution in [0, 0.1) is 11.8 Å². The van der Waals surface area contributed by atoms with Crippen molar-refractivity contribution in [1.29, 1.82) is 0 Å². The van der Waals surface area contributed by atoms with Crippen LogP contribution in [0.25, 0.3) is 0 Å². The van der Waals surface area contributed by atoms with Gasteiger partial charge in [-0.1, -0.05) is 26.0 Å². The normalized spacial score (nSPS) is 17.5. The van der Waals surface area contributed by atoms with Gasteiger partial charge < -0.3 is 9.64 Å². The summed E-state index contributed by atoms with van der Waals surface area (Å²) < 4.78 is 8.05.